The quantitative estimate of drug-likeness (QED) is 0.841. The molecule has 0 amide bonds. The van der Waals surface area contributed by atoms with Gasteiger partial charge in [0, 0.05) is 11.6 Å². The van der Waals surface area contributed by atoms with Gasteiger partial charge in [0.15, 0.2) is 23.1 Å². The highest BCUT2D eigenvalue weighted by molar-refractivity contribution is 5.48. The van der Waals surface area contributed by atoms with Gasteiger partial charge in [0.25, 0.3) is 0 Å². The topological polar surface area (TPSA) is 44.5 Å². The zero-order chi connectivity index (χ0) is 12.1. The van der Waals surface area contributed by atoms with Crippen LogP contribution in [0.3, 0.4) is 0 Å². The predicted octanol–water partition coefficient (Wildman–Crippen LogP) is 1.87. The summed E-state index contributed by atoms with van der Waals surface area (Å²) < 4.78 is 36.7. The average Bonchev–Trinajstić information content (AvgIpc) is 2.30. The predicted molar refractivity (Wildman–Crippen MR) is 56.8 cm³/mol. The molecule has 0 spiro atoms. The molecule has 1 rings (SSSR count). The smallest absolute Gasteiger partial charge is 0.167 e. The first-order valence-corrected chi connectivity index (χ1v) is 4.94. The van der Waals surface area contributed by atoms with E-state index in [-0.39, 0.29) is 17.1 Å². The minimum Gasteiger partial charge on any atom is -0.493 e. The maximum absolute atomic E-state index is 13.5. The van der Waals surface area contributed by atoms with E-state index in [1.807, 2.05) is 0 Å². The second-order valence-corrected chi connectivity index (χ2v) is 3.28. The number of methoxy groups -OCH3 is 2. The molecule has 0 unspecified atom stereocenters. The van der Waals surface area contributed by atoms with Crippen LogP contribution in [0.25, 0.3) is 0 Å². The van der Waals surface area contributed by atoms with Gasteiger partial charge < -0.3 is 15.2 Å². The fourth-order valence-electron chi connectivity index (χ4n) is 1.51. The van der Waals surface area contributed by atoms with Gasteiger partial charge in [0.2, 0.25) is 0 Å². The van der Waals surface area contributed by atoms with Crippen molar-refractivity contribution in [3.8, 4) is 11.5 Å². The summed E-state index contributed by atoms with van der Waals surface area (Å²) in [5, 5.41) is 0. The summed E-state index contributed by atoms with van der Waals surface area (Å²) in [6.07, 6.45) is 0.875. The number of halogens is 2. The molecular formula is C11H15F2NO2. The van der Waals surface area contributed by atoms with Crippen molar-refractivity contribution in [2.75, 3.05) is 20.8 Å². The second-order valence-electron chi connectivity index (χ2n) is 3.28. The van der Waals surface area contributed by atoms with E-state index in [0.717, 1.165) is 6.07 Å². The fourth-order valence-corrected chi connectivity index (χ4v) is 1.51. The second kappa shape index (κ2) is 5.65. The monoisotopic (exact) mass is 231 g/mol. The Bertz CT molecular complexity index is 369. The first-order valence-electron chi connectivity index (χ1n) is 4.94. The molecule has 0 aliphatic rings. The van der Waals surface area contributed by atoms with Crippen LogP contribution in [0.1, 0.15) is 12.0 Å². The average molecular weight is 231 g/mol. The maximum Gasteiger partial charge on any atom is 0.167 e. The van der Waals surface area contributed by atoms with Gasteiger partial charge in [-0.25, -0.2) is 8.78 Å². The van der Waals surface area contributed by atoms with Crippen LogP contribution in [0.4, 0.5) is 8.78 Å². The number of ether oxygens (including phenoxy) is 2. The molecule has 0 aliphatic carbocycles. The number of benzene rings is 1. The van der Waals surface area contributed by atoms with Gasteiger partial charge in [-0.15, -0.1) is 0 Å². The van der Waals surface area contributed by atoms with Gasteiger partial charge >= 0.3 is 0 Å². The molecule has 3 nitrogen and oxygen atoms in total. The van der Waals surface area contributed by atoms with Gasteiger partial charge in [-0.2, -0.15) is 0 Å². The van der Waals surface area contributed by atoms with Crippen molar-refractivity contribution in [1.82, 2.24) is 0 Å². The summed E-state index contributed by atoms with van der Waals surface area (Å²) in [6, 6.07) is 0.972. The van der Waals surface area contributed by atoms with Crippen molar-refractivity contribution >= 4 is 0 Å². The number of hydrogen-bond acceptors (Lipinski definition) is 3. The summed E-state index contributed by atoms with van der Waals surface area (Å²) >= 11 is 0. The molecule has 0 heterocycles. The van der Waals surface area contributed by atoms with Crippen molar-refractivity contribution in [3.63, 3.8) is 0 Å². The lowest BCUT2D eigenvalue weighted by molar-refractivity contribution is 0.341. The third kappa shape index (κ3) is 2.41. The van der Waals surface area contributed by atoms with Crippen molar-refractivity contribution in [3.05, 3.63) is 23.3 Å². The van der Waals surface area contributed by atoms with Crippen LogP contribution >= 0.6 is 0 Å². The molecule has 0 saturated carbocycles. The Balaban J connectivity index is 3.23. The van der Waals surface area contributed by atoms with Crippen molar-refractivity contribution in [2.24, 2.45) is 5.73 Å². The Hall–Kier alpha value is -1.36. The normalized spacial score (nSPS) is 10.3. The van der Waals surface area contributed by atoms with Gasteiger partial charge in [0.05, 0.1) is 14.2 Å². The van der Waals surface area contributed by atoms with E-state index in [4.69, 9.17) is 15.2 Å². The lowest BCUT2D eigenvalue weighted by Crippen LogP contribution is -2.06. The molecule has 1 aromatic carbocycles. The Morgan fingerprint density at radius 1 is 1.25 bits per heavy atom. The Morgan fingerprint density at radius 2 is 1.94 bits per heavy atom. The zero-order valence-corrected chi connectivity index (χ0v) is 9.35. The summed E-state index contributed by atoms with van der Waals surface area (Å²) in [4.78, 5) is 0. The summed E-state index contributed by atoms with van der Waals surface area (Å²) in [6.45, 7) is 0.404. The van der Waals surface area contributed by atoms with Gasteiger partial charge in [-0.1, -0.05) is 0 Å². The van der Waals surface area contributed by atoms with Crippen LogP contribution in [-0.2, 0) is 6.42 Å². The van der Waals surface area contributed by atoms with Crippen LogP contribution in [0, 0.1) is 11.6 Å². The van der Waals surface area contributed by atoms with Crippen LogP contribution in [-0.4, -0.2) is 20.8 Å². The first-order chi connectivity index (χ1) is 7.65. The van der Waals surface area contributed by atoms with E-state index in [1.165, 1.54) is 14.2 Å². The third-order valence-electron chi connectivity index (χ3n) is 2.29. The molecule has 5 heteroatoms. The Kier molecular flexibility index (Phi) is 4.49. The van der Waals surface area contributed by atoms with Gasteiger partial charge in [0.1, 0.15) is 0 Å². The van der Waals surface area contributed by atoms with E-state index in [0.29, 0.717) is 19.4 Å². The molecule has 1 aromatic rings. The molecule has 0 saturated heterocycles. The molecular weight excluding hydrogens is 216 g/mol. The van der Waals surface area contributed by atoms with Gasteiger partial charge in [-0.05, 0) is 19.4 Å². The van der Waals surface area contributed by atoms with Crippen LogP contribution < -0.4 is 15.2 Å². The van der Waals surface area contributed by atoms with E-state index >= 15 is 0 Å². The summed E-state index contributed by atoms with van der Waals surface area (Å²) in [7, 11) is 2.77. The third-order valence-corrected chi connectivity index (χ3v) is 2.29. The van der Waals surface area contributed by atoms with E-state index < -0.39 is 11.6 Å². The molecule has 0 atom stereocenters. The van der Waals surface area contributed by atoms with Crippen LogP contribution in [0.5, 0.6) is 11.5 Å². The summed E-state index contributed by atoms with van der Waals surface area (Å²) in [5.41, 5.74) is 5.51. The molecule has 90 valence electrons. The highest BCUT2D eigenvalue weighted by Gasteiger charge is 2.19. The lowest BCUT2D eigenvalue weighted by atomic mass is 10.1. The zero-order valence-electron chi connectivity index (χ0n) is 9.35. The number of nitrogens with two attached hydrogens (primary N) is 1. The molecule has 0 radical (unpaired) electrons. The molecule has 2 N–H and O–H groups in total. The highest BCUT2D eigenvalue weighted by atomic mass is 19.2. The molecule has 16 heavy (non-hydrogen) atoms. The minimum absolute atomic E-state index is 0.171. The van der Waals surface area contributed by atoms with E-state index in [9.17, 15) is 8.78 Å². The number of hydrogen-bond donors (Lipinski definition) is 1. The maximum atomic E-state index is 13.5. The fraction of sp³-hybridized carbons (Fsp3) is 0.455. The number of rotatable bonds is 5. The molecule has 0 bridgehead atoms. The highest BCUT2D eigenvalue weighted by Crippen LogP contribution is 2.35. The van der Waals surface area contributed by atoms with Crippen LogP contribution in [0.15, 0.2) is 6.07 Å². The molecule has 0 aromatic heterocycles. The molecule has 0 aliphatic heterocycles. The first kappa shape index (κ1) is 12.7. The van der Waals surface area contributed by atoms with Gasteiger partial charge in [-0.3, -0.25) is 0 Å². The van der Waals surface area contributed by atoms with E-state index in [1.54, 1.807) is 0 Å². The van der Waals surface area contributed by atoms with E-state index in [2.05, 4.69) is 0 Å². The Morgan fingerprint density at radius 3 is 2.44 bits per heavy atom. The molecule has 0 fully saturated rings. The Labute approximate surface area is 93.2 Å². The minimum atomic E-state index is -0.940. The van der Waals surface area contributed by atoms with Crippen molar-refractivity contribution < 1.29 is 18.3 Å². The van der Waals surface area contributed by atoms with Crippen molar-refractivity contribution in [2.45, 2.75) is 12.8 Å². The largest absolute Gasteiger partial charge is 0.493 e. The van der Waals surface area contributed by atoms with Crippen molar-refractivity contribution in [1.29, 1.82) is 0 Å². The SMILES string of the molecule is COc1cc(F)c(F)c(CCCN)c1OC. The lowest BCUT2D eigenvalue weighted by Gasteiger charge is -2.13. The summed E-state index contributed by atoms with van der Waals surface area (Å²) in [5.74, 6) is -1.42. The van der Waals surface area contributed by atoms with Crippen LogP contribution in [0.2, 0.25) is 0 Å². The standard InChI is InChI=1S/C11H15F2NO2/c1-15-9-6-8(12)10(13)7(4-3-5-14)11(9)16-2/h6H,3-5,14H2,1-2H3.